The van der Waals surface area contributed by atoms with Gasteiger partial charge in [-0.1, -0.05) is 23.2 Å². The number of carbonyl (C=O) groups excluding carboxylic acids is 1. The summed E-state index contributed by atoms with van der Waals surface area (Å²) in [5, 5.41) is 7.79. The van der Waals surface area contributed by atoms with Crippen molar-refractivity contribution in [2.75, 3.05) is 5.32 Å². The minimum absolute atomic E-state index is 0.141. The van der Waals surface area contributed by atoms with Crippen LogP contribution in [-0.4, -0.2) is 15.7 Å². The van der Waals surface area contributed by atoms with E-state index in [2.05, 4.69) is 10.4 Å². The molecule has 0 spiro atoms. The van der Waals surface area contributed by atoms with Gasteiger partial charge in [-0.15, -0.1) is 0 Å². The van der Waals surface area contributed by atoms with Crippen molar-refractivity contribution in [2.24, 2.45) is 0 Å². The zero-order chi connectivity index (χ0) is 18.1. The Kier molecular flexibility index (Phi) is 4.79. The van der Waals surface area contributed by atoms with Crippen molar-refractivity contribution >= 4 is 34.8 Å². The van der Waals surface area contributed by atoms with Crippen molar-refractivity contribution in [2.45, 2.75) is 13.8 Å². The molecule has 128 valence electrons. The van der Waals surface area contributed by atoms with Gasteiger partial charge < -0.3 is 5.32 Å². The fraction of sp³-hybridized carbons (Fsp3) is 0.111. The van der Waals surface area contributed by atoms with Crippen LogP contribution in [0.5, 0.6) is 0 Å². The maximum absolute atomic E-state index is 13.1. The maximum atomic E-state index is 13.1. The zero-order valence-corrected chi connectivity index (χ0v) is 15.0. The third-order valence-corrected chi connectivity index (χ3v) is 4.62. The van der Waals surface area contributed by atoms with E-state index in [4.69, 9.17) is 23.2 Å². The third kappa shape index (κ3) is 3.52. The van der Waals surface area contributed by atoms with E-state index in [0.29, 0.717) is 16.3 Å². The largest absolute Gasteiger partial charge is 0.321 e. The van der Waals surface area contributed by atoms with Gasteiger partial charge in [0.05, 0.1) is 32.8 Å². The van der Waals surface area contributed by atoms with E-state index in [0.717, 1.165) is 23.1 Å². The maximum Gasteiger partial charge on any atom is 0.255 e. The Morgan fingerprint density at radius 1 is 1.12 bits per heavy atom. The van der Waals surface area contributed by atoms with E-state index < -0.39 is 5.82 Å². The molecule has 2 aromatic carbocycles. The lowest BCUT2D eigenvalue weighted by molar-refractivity contribution is 0.102. The van der Waals surface area contributed by atoms with Crippen molar-refractivity contribution in [3.63, 3.8) is 0 Å². The van der Waals surface area contributed by atoms with E-state index in [1.165, 1.54) is 12.1 Å². The number of nitrogens with one attached hydrogen (secondary N) is 1. The monoisotopic (exact) mass is 377 g/mol. The Bertz CT molecular complexity index is 952. The summed E-state index contributed by atoms with van der Waals surface area (Å²) in [5.41, 5.74) is 3.16. The number of aryl methyl sites for hydroxylation is 1. The van der Waals surface area contributed by atoms with Crippen LogP contribution in [0.15, 0.2) is 42.5 Å². The smallest absolute Gasteiger partial charge is 0.255 e. The number of amides is 1. The summed E-state index contributed by atoms with van der Waals surface area (Å²) < 4.78 is 14.8. The van der Waals surface area contributed by atoms with Gasteiger partial charge in [0.15, 0.2) is 0 Å². The van der Waals surface area contributed by atoms with Crippen molar-refractivity contribution in [3.05, 3.63) is 75.3 Å². The molecule has 0 fully saturated rings. The highest BCUT2D eigenvalue weighted by atomic mass is 35.5. The van der Waals surface area contributed by atoms with E-state index >= 15 is 0 Å². The third-order valence-electron chi connectivity index (χ3n) is 3.76. The molecule has 1 heterocycles. The summed E-state index contributed by atoms with van der Waals surface area (Å²) in [6, 6.07) is 10.7. The predicted octanol–water partition coefficient (Wildman–Crippen LogP) is 5.19. The number of halogens is 3. The molecule has 1 amide bonds. The van der Waals surface area contributed by atoms with Crippen LogP contribution in [0.25, 0.3) is 5.69 Å². The predicted molar refractivity (Wildman–Crippen MR) is 97.4 cm³/mol. The van der Waals surface area contributed by atoms with Crippen molar-refractivity contribution in [1.82, 2.24) is 9.78 Å². The fourth-order valence-corrected chi connectivity index (χ4v) is 2.75. The Labute approximate surface area is 154 Å². The molecule has 0 unspecified atom stereocenters. The molecule has 0 aliphatic heterocycles. The Morgan fingerprint density at radius 2 is 1.80 bits per heavy atom. The van der Waals surface area contributed by atoms with Gasteiger partial charge in [0.2, 0.25) is 0 Å². The quantitative estimate of drug-likeness (QED) is 0.682. The molecule has 25 heavy (non-hydrogen) atoms. The summed E-state index contributed by atoms with van der Waals surface area (Å²) in [4.78, 5) is 12.3. The molecule has 0 saturated carbocycles. The van der Waals surface area contributed by atoms with Gasteiger partial charge in [-0.05, 0) is 56.3 Å². The number of hydrogen-bond acceptors (Lipinski definition) is 2. The molecule has 0 radical (unpaired) electrons. The molecule has 1 aromatic heterocycles. The summed E-state index contributed by atoms with van der Waals surface area (Å²) >= 11 is 12.1. The van der Waals surface area contributed by atoms with Gasteiger partial charge in [-0.2, -0.15) is 5.10 Å². The Hall–Kier alpha value is -2.37. The molecule has 1 N–H and O–H groups in total. The number of carbonyl (C=O) groups is 1. The van der Waals surface area contributed by atoms with Crippen LogP contribution in [-0.2, 0) is 0 Å². The fourth-order valence-electron chi connectivity index (χ4n) is 2.41. The molecular weight excluding hydrogens is 364 g/mol. The molecular formula is C18H14Cl2FN3O. The van der Waals surface area contributed by atoms with E-state index in [1.807, 2.05) is 13.8 Å². The van der Waals surface area contributed by atoms with Crippen LogP contribution >= 0.6 is 23.2 Å². The number of anilines is 1. The van der Waals surface area contributed by atoms with Crippen LogP contribution < -0.4 is 5.32 Å². The number of hydrogen-bond donors (Lipinski definition) is 1. The molecule has 4 nitrogen and oxygen atoms in total. The van der Waals surface area contributed by atoms with Crippen LogP contribution in [0.2, 0.25) is 10.0 Å². The first-order valence-electron chi connectivity index (χ1n) is 7.45. The molecule has 0 saturated heterocycles. The summed E-state index contributed by atoms with van der Waals surface area (Å²) in [6.45, 7) is 3.71. The lowest BCUT2D eigenvalue weighted by Crippen LogP contribution is -2.12. The van der Waals surface area contributed by atoms with Gasteiger partial charge in [0, 0.05) is 5.56 Å². The van der Waals surface area contributed by atoms with E-state index in [9.17, 15) is 9.18 Å². The van der Waals surface area contributed by atoms with Crippen molar-refractivity contribution < 1.29 is 9.18 Å². The van der Waals surface area contributed by atoms with Gasteiger partial charge in [0.1, 0.15) is 5.82 Å². The first-order chi connectivity index (χ1) is 11.9. The lowest BCUT2D eigenvalue weighted by Gasteiger charge is -2.09. The van der Waals surface area contributed by atoms with E-state index in [1.54, 1.807) is 28.9 Å². The van der Waals surface area contributed by atoms with E-state index in [-0.39, 0.29) is 10.9 Å². The zero-order valence-electron chi connectivity index (χ0n) is 13.5. The Balaban J connectivity index is 1.82. The van der Waals surface area contributed by atoms with Gasteiger partial charge in [0.25, 0.3) is 5.91 Å². The molecule has 0 aliphatic rings. The molecule has 0 aliphatic carbocycles. The minimum Gasteiger partial charge on any atom is -0.321 e. The van der Waals surface area contributed by atoms with Crippen LogP contribution in [0.3, 0.4) is 0 Å². The second kappa shape index (κ2) is 6.86. The summed E-state index contributed by atoms with van der Waals surface area (Å²) in [7, 11) is 0. The van der Waals surface area contributed by atoms with Gasteiger partial charge in [-0.3, -0.25) is 4.79 Å². The molecule has 0 atom stereocenters. The SMILES string of the molecule is Cc1nn(-c2ccc(C(=O)Nc3ccc(F)cc3Cl)cc2)c(C)c1Cl. The van der Waals surface area contributed by atoms with Crippen molar-refractivity contribution in [3.8, 4) is 5.69 Å². The standard InChI is InChI=1S/C18H14Cl2FN3O/c1-10-17(20)11(2)24(23-10)14-6-3-12(4-7-14)18(25)22-16-8-5-13(21)9-15(16)19/h3-9H,1-2H3,(H,22,25). The second-order valence-corrected chi connectivity index (χ2v) is 6.31. The molecule has 3 aromatic rings. The normalized spacial score (nSPS) is 10.8. The first-order valence-corrected chi connectivity index (χ1v) is 8.21. The average molecular weight is 378 g/mol. The highest BCUT2D eigenvalue weighted by Gasteiger charge is 2.12. The topological polar surface area (TPSA) is 46.9 Å². The molecule has 7 heteroatoms. The highest BCUT2D eigenvalue weighted by molar-refractivity contribution is 6.34. The molecule has 0 bridgehead atoms. The number of aromatic nitrogens is 2. The number of rotatable bonds is 3. The van der Waals surface area contributed by atoms with Crippen LogP contribution in [0.1, 0.15) is 21.7 Å². The van der Waals surface area contributed by atoms with Crippen LogP contribution in [0, 0.1) is 19.7 Å². The average Bonchev–Trinajstić information content (AvgIpc) is 2.85. The number of benzene rings is 2. The second-order valence-electron chi connectivity index (χ2n) is 5.52. The Morgan fingerprint density at radius 3 is 2.36 bits per heavy atom. The van der Waals surface area contributed by atoms with Gasteiger partial charge >= 0.3 is 0 Å². The highest BCUT2D eigenvalue weighted by Crippen LogP contribution is 2.24. The van der Waals surface area contributed by atoms with Crippen molar-refractivity contribution in [1.29, 1.82) is 0 Å². The number of nitrogens with zero attached hydrogens (tertiary/aromatic N) is 2. The summed E-state index contributed by atoms with van der Waals surface area (Å²) in [6.07, 6.45) is 0. The molecule has 3 rings (SSSR count). The lowest BCUT2D eigenvalue weighted by atomic mass is 10.2. The minimum atomic E-state index is -0.462. The van der Waals surface area contributed by atoms with Crippen LogP contribution in [0.4, 0.5) is 10.1 Å². The first kappa shape index (κ1) is 17.5. The summed E-state index contributed by atoms with van der Waals surface area (Å²) in [5.74, 6) is -0.803. The van der Waals surface area contributed by atoms with Gasteiger partial charge in [-0.25, -0.2) is 9.07 Å².